The first kappa shape index (κ1) is 55.4. The summed E-state index contributed by atoms with van der Waals surface area (Å²) in [6.07, 6.45) is 3.74. The molecule has 0 saturated heterocycles. The first-order valence-corrected chi connectivity index (χ1v) is 26.0. The third-order valence-electron chi connectivity index (χ3n) is 13.9. The Morgan fingerprint density at radius 2 is 0.902 bits per heavy atom. The molecule has 6 aromatic heterocycles. The molecule has 10 rings (SSSR count). The van der Waals surface area contributed by atoms with Crippen molar-refractivity contribution >= 4 is 56.3 Å². The van der Waals surface area contributed by atoms with Gasteiger partial charge in [-0.05, 0) is 145 Å². The van der Waals surface area contributed by atoms with Crippen LogP contribution < -0.4 is 32.0 Å². The van der Waals surface area contributed by atoms with Crippen LogP contribution in [-0.2, 0) is 41.6 Å². The molecule has 21 heteroatoms. The van der Waals surface area contributed by atoms with Crippen LogP contribution in [0.5, 0.6) is 11.5 Å². The number of esters is 1. The second kappa shape index (κ2) is 24.2. The number of H-pyrrole nitrogens is 2. The van der Waals surface area contributed by atoms with Crippen LogP contribution in [0.25, 0.3) is 55.4 Å². The highest BCUT2D eigenvalue weighted by atomic mass is 16.6. The predicted octanol–water partition coefficient (Wildman–Crippen LogP) is 6.38. The third-order valence-corrected chi connectivity index (χ3v) is 13.9. The van der Waals surface area contributed by atoms with Crippen LogP contribution in [0.15, 0.2) is 153 Å². The lowest BCUT2D eigenvalue weighted by atomic mass is 9.97. The number of ketones is 2. The van der Waals surface area contributed by atoms with Gasteiger partial charge in [0.25, 0.3) is 11.1 Å². The molecule has 0 bridgehead atoms. The standard InChI is InChI=1S/C61H54N6O15/c1-36-52(56(71)40-14-20-46-44(32-40)58(73)66(34-50(68)69)60(75)62-46)48-8-4-6-22-64(48)54(36)38-10-16-42(17-11-38)81-30-28-79-26-24-78-25-27-80-29-31-82-43-18-12-39(13-19-43)55-37(2)53(49-9-5-7-23-65(49)55)57(72)41-15-21-47-45(33-41)59(74)67(61(76)63-47)35-51(70)77-3/h4-23,32-33H,24-31,34-35H2,1-3H3,(H,62,75)(H,63,76)(H,68,69). The second-order valence-electron chi connectivity index (χ2n) is 19.0. The third kappa shape index (κ3) is 11.3. The molecule has 82 heavy (non-hydrogen) atoms. The topological polar surface area (TPSA) is 262 Å². The van der Waals surface area contributed by atoms with Crippen molar-refractivity contribution < 1.29 is 52.7 Å². The molecular formula is C61H54N6O15. The average molecular weight is 1110 g/mol. The fourth-order valence-corrected chi connectivity index (χ4v) is 10.0. The van der Waals surface area contributed by atoms with E-state index in [-0.39, 0.29) is 44.5 Å². The van der Waals surface area contributed by atoms with Crippen LogP contribution in [0, 0.1) is 13.8 Å². The molecular weight excluding hydrogens is 1060 g/mol. The van der Waals surface area contributed by atoms with E-state index in [0.29, 0.717) is 96.6 Å². The number of aromatic nitrogens is 6. The van der Waals surface area contributed by atoms with Crippen LogP contribution in [0.1, 0.15) is 43.0 Å². The maximum atomic E-state index is 14.3. The number of carbonyl (C=O) groups is 4. The predicted molar refractivity (Wildman–Crippen MR) is 303 cm³/mol. The van der Waals surface area contributed by atoms with Gasteiger partial charge in [0, 0.05) is 23.5 Å². The number of fused-ring (bicyclic) bond motifs is 4. The van der Waals surface area contributed by atoms with Crippen molar-refractivity contribution in [2.45, 2.75) is 26.9 Å². The van der Waals surface area contributed by atoms with Crippen LogP contribution in [0.3, 0.4) is 0 Å². The zero-order chi connectivity index (χ0) is 57.6. The molecule has 6 heterocycles. The number of aromatic amines is 2. The molecule has 0 amide bonds. The first-order valence-electron chi connectivity index (χ1n) is 26.0. The van der Waals surface area contributed by atoms with Crippen LogP contribution in [0.4, 0.5) is 0 Å². The molecule has 10 aromatic rings. The molecule has 0 fully saturated rings. The van der Waals surface area contributed by atoms with Gasteiger partial charge in [0.05, 0.1) is 102 Å². The first-order chi connectivity index (χ1) is 39.7. The summed E-state index contributed by atoms with van der Waals surface area (Å²) in [6.45, 7) is 5.06. The number of pyridine rings is 2. The SMILES string of the molecule is COC(=O)Cn1c(=O)[nH]c2ccc(C(=O)c3c(C)c(-c4ccc(OCCOCCOCCOCCOc5ccc(-c6c(C)c(C(=O)c7ccc8[nH]c(=O)n(CC(=O)O)c(=O)c8c7)c7ccccn67)cc5)cc4)n4ccccc34)cc2c1=O. The van der Waals surface area contributed by atoms with Crippen molar-refractivity contribution in [3.05, 3.63) is 209 Å². The number of carboxylic acid groups (broad SMARTS) is 1. The van der Waals surface area contributed by atoms with E-state index in [1.165, 1.54) is 30.3 Å². The fourth-order valence-electron chi connectivity index (χ4n) is 10.0. The number of methoxy groups -OCH3 is 1. The van der Waals surface area contributed by atoms with E-state index < -0.39 is 47.5 Å². The molecule has 0 aliphatic carbocycles. The van der Waals surface area contributed by atoms with E-state index in [9.17, 15) is 43.5 Å². The minimum absolute atomic E-state index is 0.0169. The van der Waals surface area contributed by atoms with E-state index in [0.717, 1.165) is 39.8 Å². The monoisotopic (exact) mass is 1110 g/mol. The van der Waals surface area contributed by atoms with Gasteiger partial charge < -0.3 is 52.3 Å². The lowest BCUT2D eigenvalue weighted by molar-refractivity contribution is -0.141. The van der Waals surface area contributed by atoms with Gasteiger partial charge in [-0.15, -0.1) is 0 Å². The molecule has 0 spiro atoms. The summed E-state index contributed by atoms with van der Waals surface area (Å²) in [6, 6.07) is 35.0. The van der Waals surface area contributed by atoms with Crippen molar-refractivity contribution in [3.8, 4) is 34.0 Å². The molecule has 0 aliphatic heterocycles. The lowest BCUT2D eigenvalue weighted by Gasteiger charge is -2.10. The Balaban J connectivity index is 0.653. The zero-order valence-electron chi connectivity index (χ0n) is 44.7. The van der Waals surface area contributed by atoms with Gasteiger partial charge in [0.1, 0.15) is 37.8 Å². The van der Waals surface area contributed by atoms with Gasteiger partial charge in [0.2, 0.25) is 0 Å². The lowest BCUT2D eigenvalue weighted by Crippen LogP contribution is -2.37. The van der Waals surface area contributed by atoms with Crippen LogP contribution in [0.2, 0.25) is 0 Å². The number of hydrogen-bond donors (Lipinski definition) is 3. The number of nitrogens with one attached hydrogen (secondary N) is 2. The summed E-state index contributed by atoms with van der Waals surface area (Å²) in [7, 11) is 1.16. The number of ether oxygens (including phenoxy) is 6. The summed E-state index contributed by atoms with van der Waals surface area (Å²) in [4.78, 5) is 108. The van der Waals surface area contributed by atoms with Gasteiger partial charge in [-0.3, -0.25) is 28.8 Å². The Morgan fingerprint density at radius 1 is 0.500 bits per heavy atom. The van der Waals surface area contributed by atoms with Gasteiger partial charge in [-0.1, -0.05) is 12.1 Å². The van der Waals surface area contributed by atoms with Crippen LogP contribution in [-0.4, -0.2) is 116 Å². The minimum Gasteiger partial charge on any atom is -0.491 e. The van der Waals surface area contributed by atoms with E-state index in [2.05, 4.69) is 14.7 Å². The maximum Gasteiger partial charge on any atom is 0.329 e. The van der Waals surface area contributed by atoms with Crippen molar-refractivity contribution in [3.63, 3.8) is 0 Å². The number of carboxylic acids is 1. The summed E-state index contributed by atoms with van der Waals surface area (Å²) in [5, 5.41) is 9.32. The molecule has 0 saturated carbocycles. The fraction of sp³-hybridized carbons (Fsp3) is 0.213. The average Bonchev–Trinajstić information content (AvgIpc) is 4.06. The van der Waals surface area contributed by atoms with Gasteiger partial charge in [-0.2, -0.15) is 0 Å². The Bertz CT molecular complexity index is 4360. The van der Waals surface area contributed by atoms with Crippen molar-refractivity contribution in [2.24, 2.45) is 0 Å². The summed E-state index contributed by atoms with van der Waals surface area (Å²) in [5.41, 5.74) is 4.61. The van der Waals surface area contributed by atoms with Crippen molar-refractivity contribution in [2.75, 3.05) is 60.0 Å². The number of benzene rings is 4. The smallest absolute Gasteiger partial charge is 0.329 e. The largest absolute Gasteiger partial charge is 0.491 e. The number of carbonyl (C=O) groups excluding carboxylic acids is 3. The quantitative estimate of drug-likeness (QED) is 0.0337. The highest BCUT2D eigenvalue weighted by Gasteiger charge is 2.26. The second-order valence-corrected chi connectivity index (χ2v) is 19.0. The number of aliphatic carboxylic acids is 1. The molecule has 0 radical (unpaired) electrons. The van der Waals surface area contributed by atoms with Crippen molar-refractivity contribution in [1.82, 2.24) is 27.9 Å². The van der Waals surface area contributed by atoms with Gasteiger partial charge >= 0.3 is 23.3 Å². The molecule has 0 unspecified atom stereocenters. The molecule has 4 aromatic carbocycles. The molecule has 418 valence electrons. The van der Waals surface area contributed by atoms with E-state index >= 15 is 0 Å². The van der Waals surface area contributed by atoms with E-state index in [4.69, 9.17) is 23.7 Å². The summed E-state index contributed by atoms with van der Waals surface area (Å²) in [5.74, 6) is -1.52. The Kier molecular flexibility index (Phi) is 16.3. The number of hydrogen-bond acceptors (Lipinski definition) is 14. The summed E-state index contributed by atoms with van der Waals surface area (Å²) >= 11 is 0. The van der Waals surface area contributed by atoms with E-state index in [1.54, 1.807) is 6.07 Å². The highest BCUT2D eigenvalue weighted by molar-refractivity contribution is 6.17. The Hall–Kier alpha value is -9.96. The summed E-state index contributed by atoms with van der Waals surface area (Å²) < 4.78 is 38.8. The van der Waals surface area contributed by atoms with Crippen molar-refractivity contribution in [1.29, 1.82) is 0 Å². The molecule has 3 N–H and O–H groups in total. The van der Waals surface area contributed by atoms with Crippen LogP contribution >= 0.6 is 0 Å². The van der Waals surface area contributed by atoms with Gasteiger partial charge in [0.15, 0.2) is 11.6 Å². The Morgan fingerprint density at radius 3 is 1.30 bits per heavy atom. The molecule has 21 nitrogen and oxygen atoms in total. The minimum atomic E-state index is -1.35. The normalized spacial score (nSPS) is 11.5. The molecule has 0 atom stereocenters. The number of rotatable bonds is 24. The zero-order valence-corrected chi connectivity index (χ0v) is 44.7. The molecule has 0 aliphatic rings. The highest BCUT2D eigenvalue weighted by Crippen LogP contribution is 2.36. The number of nitrogens with zero attached hydrogens (tertiary/aromatic N) is 4. The van der Waals surface area contributed by atoms with Gasteiger partial charge in [-0.25, -0.2) is 18.7 Å². The Labute approximate surface area is 465 Å². The maximum absolute atomic E-state index is 14.3. The van der Waals surface area contributed by atoms with E-state index in [1.807, 2.05) is 120 Å².